The highest BCUT2D eigenvalue weighted by molar-refractivity contribution is 8.05. The summed E-state index contributed by atoms with van der Waals surface area (Å²) in [5, 5.41) is 22.6. The molecule has 1 aromatic carbocycles. The first kappa shape index (κ1) is 21.6. The molecule has 0 heterocycles. The second kappa shape index (κ2) is 7.05. The first-order valence-corrected chi connectivity index (χ1v) is 10.3. The van der Waals surface area contributed by atoms with Gasteiger partial charge in [0.05, 0.1) is 6.08 Å². The molecule has 0 unspecified atom stereocenters. The number of nitro groups is 2. The van der Waals surface area contributed by atoms with Gasteiger partial charge >= 0.3 is 5.66 Å². The third kappa shape index (κ3) is 3.42. The fourth-order valence-electron chi connectivity index (χ4n) is 2.91. The predicted octanol–water partition coefficient (Wildman–Crippen LogP) is 0.997. The van der Waals surface area contributed by atoms with Crippen molar-refractivity contribution in [3.63, 3.8) is 0 Å². The second-order valence-corrected chi connectivity index (χ2v) is 9.60. The minimum Gasteiger partial charge on any atom is -0.284 e. The minimum absolute atomic E-state index is 0.432. The topological polar surface area (TPSA) is 195 Å². The number of hydrogen-bond donors (Lipinski definition) is 2. The van der Waals surface area contributed by atoms with Gasteiger partial charge in [0.25, 0.3) is 20.2 Å². The Morgan fingerprint density at radius 3 is 1.93 bits per heavy atom. The van der Waals surface area contributed by atoms with Gasteiger partial charge in [-0.1, -0.05) is 48.6 Å². The molecule has 1 aliphatic rings. The molecular weight excluding hydrogens is 420 g/mol. The molecule has 0 aliphatic heterocycles. The smallest absolute Gasteiger partial charge is 0.284 e. The molecule has 0 radical (unpaired) electrons. The average molecular weight is 434 g/mol. The van der Waals surface area contributed by atoms with Crippen LogP contribution in [0.5, 0.6) is 0 Å². The SMILES string of the molecule is O=[N+]([O-])C1([N+](=O)[O-])C=C[C@@H](/C=C\c2ccccc2)C(S(=O)(=O)O)(S(=O)(=O)O)C1. The number of hydrogen-bond acceptors (Lipinski definition) is 8. The van der Waals surface area contributed by atoms with Gasteiger partial charge in [-0.2, -0.15) is 16.8 Å². The molecular formula is C14H14N2O10S2. The van der Waals surface area contributed by atoms with Crippen LogP contribution in [0.2, 0.25) is 0 Å². The quantitative estimate of drug-likeness (QED) is 0.214. The summed E-state index contributed by atoms with van der Waals surface area (Å²) in [7, 11) is -11.6. The Morgan fingerprint density at radius 1 is 1.00 bits per heavy atom. The van der Waals surface area contributed by atoms with Crippen molar-refractivity contribution in [2.75, 3.05) is 0 Å². The molecule has 0 bridgehead atoms. The fraction of sp³-hybridized carbons (Fsp3) is 0.286. The Hall–Kier alpha value is -2.68. The molecule has 0 aromatic heterocycles. The van der Waals surface area contributed by atoms with Crippen LogP contribution in [0.1, 0.15) is 12.0 Å². The number of allylic oxidation sites excluding steroid dienone is 2. The Kier molecular flexibility index (Phi) is 5.44. The molecule has 14 heteroatoms. The highest BCUT2D eigenvalue weighted by Gasteiger charge is 2.72. The third-order valence-corrected chi connectivity index (χ3v) is 8.23. The van der Waals surface area contributed by atoms with Gasteiger partial charge in [-0.3, -0.25) is 29.3 Å². The lowest BCUT2D eigenvalue weighted by Gasteiger charge is -2.35. The van der Waals surface area contributed by atoms with E-state index < -0.39 is 52.2 Å². The van der Waals surface area contributed by atoms with Crippen LogP contribution < -0.4 is 0 Å². The molecule has 0 saturated heterocycles. The Balaban J connectivity index is 2.79. The van der Waals surface area contributed by atoms with Crippen molar-refractivity contribution in [2.24, 2.45) is 5.92 Å². The molecule has 2 N–H and O–H groups in total. The van der Waals surface area contributed by atoms with E-state index in [9.17, 15) is 46.2 Å². The molecule has 12 nitrogen and oxygen atoms in total. The average Bonchev–Trinajstić information content (AvgIpc) is 2.58. The Labute approximate surface area is 159 Å². The molecule has 1 aromatic rings. The molecule has 0 fully saturated rings. The van der Waals surface area contributed by atoms with E-state index in [2.05, 4.69) is 0 Å². The largest absolute Gasteiger partial charge is 0.480 e. The Morgan fingerprint density at radius 2 is 1.50 bits per heavy atom. The van der Waals surface area contributed by atoms with E-state index in [0.29, 0.717) is 17.7 Å². The van der Waals surface area contributed by atoms with E-state index in [1.165, 1.54) is 6.08 Å². The molecule has 0 saturated carbocycles. The zero-order valence-electron chi connectivity index (χ0n) is 13.9. The van der Waals surface area contributed by atoms with Gasteiger partial charge in [0.2, 0.25) is 4.08 Å². The van der Waals surface area contributed by atoms with Crippen molar-refractivity contribution in [3.05, 3.63) is 74.4 Å². The summed E-state index contributed by atoms with van der Waals surface area (Å²) < 4.78 is 63.6. The van der Waals surface area contributed by atoms with Crippen LogP contribution >= 0.6 is 0 Å². The second-order valence-electron chi connectivity index (χ2n) is 5.99. The van der Waals surface area contributed by atoms with Gasteiger partial charge in [0.15, 0.2) is 0 Å². The summed E-state index contributed by atoms with van der Waals surface area (Å²) in [5.74, 6) is -1.86. The molecule has 0 amide bonds. The van der Waals surface area contributed by atoms with E-state index >= 15 is 0 Å². The van der Waals surface area contributed by atoms with Crippen LogP contribution in [0.4, 0.5) is 0 Å². The lowest BCUT2D eigenvalue weighted by Crippen LogP contribution is -2.61. The molecule has 0 spiro atoms. The summed E-state index contributed by atoms with van der Waals surface area (Å²) in [6.45, 7) is 0. The number of rotatable bonds is 6. The summed E-state index contributed by atoms with van der Waals surface area (Å²) in [5.41, 5.74) is -2.92. The van der Waals surface area contributed by atoms with Crippen molar-refractivity contribution in [2.45, 2.75) is 16.2 Å². The van der Waals surface area contributed by atoms with Gasteiger partial charge < -0.3 is 0 Å². The van der Waals surface area contributed by atoms with Crippen molar-refractivity contribution in [3.8, 4) is 0 Å². The maximum absolute atomic E-state index is 12.0. The van der Waals surface area contributed by atoms with E-state index in [0.717, 1.165) is 6.08 Å². The van der Waals surface area contributed by atoms with Gasteiger partial charge in [-0.05, 0) is 5.56 Å². The zero-order valence-corrected chi connectivity index (χ0v) is 15.5. The third-order valence-electron chi connectivity index (χ3n) is 4.39. The van der Waals surface area contributed by atoms with Gasteiger partial charge in [-0.25, -0.2) is 0 Å². The van der Waals surface area contributed by atoms with E-state index in [1.54, 1.807) is 30.3 Å². The van der Waals surface area contributed by atoms with Crippen LogP contribution in [-0.4, -0.2) is 45.5 Å². The maximum atomic E-state index is 12.0. The van der Waals surface area contributed by atoms with Crippen LogP contribution in [0, 0.1) is 26.1 Å². The highest BCUT2D eigenvalue weighted by atomic mass is 32.3. The van der Waals surface area contributed by atoms with E-state index in [-0.39, 0.29) is 0 Å². The lowest BCUT2D eigenvalue weighted by atomic mass is 9.87. The summed E-state index contributed by atoms with van der Waals surface area (Å²) in [6, 6.07) is 8.01. The van der Waals surface area contributed by atoms with Crippen LogP contribution in [0.3, 0.4) is 0 Å². The summed E-state index contributed by atoms with van der Waals surface area (Å²) >= 11 is 0. The van der Waals surface area contributed by atoms with Crippen LogP contribution in [-0.2, 0) is 20.2 Å². The Bertz CT molecular complexity index is 1010. The minimum atomic E-state index is -5.79. The molecule has 28 heavy (non-hydrogen) atoms. The summed E-state index contributed by atoms with van der Waals surface area (Å²) in [6.07, 6.45) is 1.39. The normalized spacial score (nSPS) is 21.4. The van der Waals surface area contributed by atoms with Crippen LogP contribution in [0.15, 0.2) is 48.6 Å². The lowest BCUT2D eigenvalue weighted by molar-refractivity contribution is -0.782. The van der Waals surface area contributed by atoms with Gasteiger partial charge in [0.1, 0.15) is 16.3 Å². The zero-order chi connectivity index (χ0) is 21.4. The van der Waals surface area contributed by atoms with E-state index in [4.69, 9.17) is 0 Å². The number of nitrogens with zero attached hydrogens (tertiary/aromatic N) is 2. The maximum Gasteiger partial charge on any atom is 0.480 e. The molecule has 1 atom stereocenters. The summed E-state index contributed by atoms with van der Waals surface area (Å²) in [4.78, 5) is 19.6. The monoisotopic (exact) mass is 434 g/mol. The van der Waals surface area contributed by atoms with Crippen LogP contribution in [0.25, 0.3) is 6.08 Å². The van der Waals surface area contributed by atoms with Crippen molar-refractivity contribution >= 4 is 26.3 Å². The first-order valence-electron chi connectivity index (χ1n) is 7.43. The first-order chi connectivity index (χ1) is 12.8. The predicted molar refractivity (Wildman–Crippen MR) is 95.3 cm³/mol. The van der Waals surface area contributed by atoms with Crippen molar-refractivity contribution in [1.29, 1.82) is 0 Å². The number of benzene rings is 1. The highest BCUT2D eigenvalue weighted by Crippen LogP contribution is 2.46. The standard InChI is InChI=1S/C14H14N2O10S2/c17-15(18)13(16(19)20)9-8-12(7-6-11-4-2-1-3-5-11)14(10-13,27(21,22)23)28(24,25)26/h1-9,12H,10H2,(H,21,22,23)(H,24,25,26)/b7-6-/t12-/m1/s1. The van der Waals surface area contributed by atoms with E-state index in [1.807, 2.05) is 0 Å². The van der Waals surface area contributed by atoms with Crippen molar-refractivity contribution in [1.82, 2.24) is 0 Å². The molecule has 1 aliphatic carbocycles. The van der Waals surface area contributed by atoms with Gasteiger partial charge in [-0.15, -0.1) is 0 Å². The molecule has 2 rings (SSSR count). The molecule has 152 valence electrons. The van der Waals surface area contributed by atoms with Crippen molar-refractivity contribution < 1.29 is 35.8 Å². The van der Waals surface area contributed by atoms with Gasteiger partial charge in [0, 0.05) is 5.92 Å². The fourth-order valence-corrected chi connectivity index (χ4v) is 5.77.